The van der Waals surface area contributed by atoms with Gasteiger partial charge >= 0.3 is 5.97 Å². The SMILES string of the molecule is CC(C)(CCOC(C)(C)CCC(=O)ON1C(=O)CCC1=O)OCCN=[N+]=[N-]. The Bertz CT molecular complexity index is 582. The van der Waals surface area contributed by atoms with Gasteiger partial charge in [-0.3, -0.25) is 9.59 Å². The smallest absolute Gasteiger partial charge is 0.333 e. The summed E-state index contributed by atoms with van der Waals surface area (Å²) in [5.74, 6) is -1.63. The molecule has 0 aromatic heterocycles. The van der Waals surface area contributed by atoms with Crippen molar-refractivity contribution in [2.45, 2.75) is 71.0 Å². The Labute approximate surface area is 158 Å². The summed E-state index contributed by atoms with van der Waals surface area (Å²) in [4.78, 5) is 42.2. The van der Waals surface area contributed by atoms with Crippen LogP contribution in [0.2, 0.25) is 0 Å². The minimum Gasteiger partial charge on any atom is -0.375 e. The van der Waals surface area contributed by atoms with E-state index in [0.717, 1.165) is 0 Å². The zero-order valence-corrected chi connectivity index (χ0v) is 16.4. The first kappa shape index (κ1) is 22.9. The van der Waals surface area contributed by atoms with Gasteiger partial charge in [-0.05, 0) is 46.1 Å². The largest absolute Gasteiger partial charge is 0.375 e. The van der Waals surface area contributed by atoms with E-state index in [1.807, 2.05) is 27.7 Å². The monoisotopic (exact) mass is 384 g/mol. The molecule has 0 atom stereocenters. The summed E-state index contributed by atoms with van der Waals surface area (Å²) in [7, 11) is 0. The van der Waals surface area contributed by atoms with Gasteiger partial charge in [0.05, 0.1) is 30.8 Å². The normalized spacial score (nSPS) is 15.0. The topological polar surface area (TPSA) is 131 Å². The highest BCUT2D eigenvalue weighted by Gasteiger charge is 2.33. The molecule has 27 heavy (non-hydrogen) atoms. The predicted octanol–water partition coefficient (Wildman–Crippen LogP) is 2.66. The van der Waals surface area contributed by atoms with E-state index >= 15 is 0 Å². The molecule has 0 unspecified atom stereocenters. The lowest BCUT2D eigenvalue weighted by molar-refractivity contribution is -0.198. The third-order valence-corrected chi connectivity index (χ3v) is 4.07. The lowest BCUT2D eigenvalue weighted by atomic mass is 10.0. The molecule has 1 aliphatic heterocycles. The lowest BCUT2D eigenvalue weighted by Crippen LogP contribution is -2.34. The highest BCUT2D eigenvalue weighted by atomic mass is 16.7. The van der Waals surface area contributed by atoms with Crippen molar-refractivity contribution in [2.75, 3.05) is 19.8 Å². The van der Waals surface area contributed by atoms with Crippen LogP contribution >= 0.6 is 0 Å². The Morgan fingerprint density at radius 1 is 1.07 bits per heavy atom. The Balaban J connectivity index is 2.30. The van der Waals surface area contributed by atoms with Crippen LogP contribution in [0.15, 0.2) is 5.11 Å². The molecule has 0 N–H and O–H groups in total. The van der Waals surface area contributed by atoms with Crippen LogP contribution in [0, 0.1) is 0 Å². The zero-order valence-electron chi connectivity index (χ0n) is 16.4. The molecule has 1 fully saturated rings. The van der Waals surface area contributed by atoms with Gasteiger partial charge in [-0.2, -0.15) is 0 Å². The molecule has 152 valence electrons. The molecule has 2 amide bonds. The fourth-order valence-corrected chi connectivity index (χ4v) is 2.33. The Morgan fingerprint density at radius 2 is 1.63 bits per heavy atom. The van der Waals surface area contributed by atoms with Crippen LogP contribution in [-0.4, -0.2) is 53.8 Å². The molecule has 10 heteroatoms. The minimum atomic E-state index is -0.642. The van der Waals surface area contributed by atoms with E-state index in [9.17, 15) is 14.4 Å². The molecule has 0 aromatic rings. The van der Waals surface area contributed by atoms with E-state index in [2.05, 4.69) is 10.0 Å². The Hall–Kier alpha value is -2.16. The number of azide groups is 1. The highest BCUT2D eigenvalue weighted by molar-refractivity contribution is 6.01. The van der Waals surface area contributed by atoms with Crippen LogP contribution in [0.3, 0.4) is 0 Å². The predicted molar refractivity (Wildman–Crippen MR) is 95.1 cm³/mol. The maximum Gasteiger partial charge on any atom is 0.333 e. The number of rotatable bonds is 12. The first-order valence-electron chi connectivity index (χ1n) is 8.92. The average Bonchev–Trinajstić information content (AvgIpc) is 2.89. The molecule has 0 aromatic carbocycles. The van der Waals surface area contributed by atoms with Crippen LogP contribution in [0.5, 0.6) is 0 Å². The number of amides is 2. The number of hydrogen-bond donors (Lipinski definition) is 0. The third-order valence-electron chi connectivity index (χ3n) is 4.07. The number of ether oxygens (including phenoxy) is 2. The summed E-state index contributed by atoms with van der Waals surface area (Å²) < 4.78 is 11.5. The van der Waals surface area contributed by atoms with E-state index in [0.29, 0.717) is 31.1 Å². The van der Waals surface area contributed by atoms with Gasteiger partial charge in [0.2, 0.25) is 0 Å². The number of imide groups is 1. The second kappa shape index (κ2) is 10.2. The number of carbonyl (C=O) groups is 3. The molecule has 1 saturated heterocycles. The van der Waals surface area contributed by atoms with Crippen molar-refractivity contribution >= 4 is 17.8 Å². The molecule has 1 rings (SSSR count). The second-order valence-corrected chi connectivity index (χ2v) is 7.47. The van der Waals surface area contributed by atoms with Gasteiger partial charge in [-0.25, -0.2) is 4.79 Å². The summed E-state index contributed by atoms with van der Waals surface area (Å²) in [5.41, 5.74) is 7.22. The molecule has 0 aliphatic carbocycles. The standard InChI is InChI=1S/C17H28N4O6/c1-16(2,25-11-9-17(3,4)26-12-10-19-20-18)8-7-15(24)27-21-13(22)5-6-14(21)23/h5-12H2,1-4H3. The van der Waals surface area contributed by atoms with E-state index in [1.54, 1.807) is 0 Å². The lowest BCUT2D eigenvalue weighted by Gasteiger charge is -2.29. The molecular weight excluding hydrogens is 356 g/mol. The van der Waals surface area contributed by atoms with Gasteiger partial charge in [-0.1, -0.05) is 5.11 Å². The molecule has 1 aliphatic rings. The van der Waals surface area contributed by atoms with Gasteiger partial charge in [0.1, 0.15) is 0 Å². The van der Waals surface area contributed by atoms with Gasteiger partial charge in [0.25, 0.3) is 11.8 Å². The van der Waals surface area contributed by atoms with Crippen molar-refractivity contribution < 1.29 is 28.7 Å². The minimum absolute atomic E-state index is 0.0239. The number of hydroxylamine groups is 2. The maximum atomic E-state index is 11.9. The maximum absolute atomic E-state index is 11.9. The van der Waals surface area contributed by atoms with Crippen LogP contribution < -0.4 is 0 Å². The van der Waals surface area contributed by atoms with Crippen molar-refractivity contribution in [3.05, 3.63) is 10.4 Å². The van der Waals surface area contributed by atoms with Gasteiger partial charge in [0.15, 0.2) is 0 Å². The molecule has 0 saturated carbocycles. The fourth-order valence-electron chi connectivity index (χ4n) is 2.33. The van der Waals surface area contributed by atoms with E-state index in [1.165, 1.54) is 0 Å². The van der Waals surface area contributed by atoms with Gasteiger partial charge in [0, 0.05) is 24.3 Å². The van der Waals surface area contributed by atoms with Crippen molar-refractivity contribution in [1.29, 1.82) is 0 Å². The molecule has 0 radical (unpaired) electrons. The van der Waals surface area contributed by atoms with Gasteiger partial charge in [-0.15, -0.1) is 5.06 Å². The molecular formula is C17H28N4O6. The molecule has 0 bridgehead atoms. The molecule has 1 heterocycles. The zero-order chi connectivity index (χ0) is 20.5. The molecule has 0 spiro atoms. The van der Waals surface area contributed by atoms with Crippen molar-refractivity contribution in [3.8, 4) is 0 Å². The second-order valence-electron chi connectivity index (χ2n) is 7.47. The summed E-state index contributed by atoms with van der Waals surface area (Å²) in [6.45, 7) is 8.56. The van der Waals surface area contributed by atoms with Gasteiger partial charge < -0.3 is 14.3 Å². The van der Waals surface area contributed by atoms with Crippen molar-refractivity contribution in [3.63, 3.8) is 0 Å². The third kappa shape index (κ3) is 8.85. The number of carbonyl (C=O) groups excluding carboxylic acids is 3. The number of nitrogens with zero attached hydrogens (tertiary/aromatic N) is 4. The Morgan fingerprint density at radius 3 is 2.22 bits per heavy atom. The van der Waals surface area contributed by atoms with E-state index in [-0.39, 0.29) is 25.8 Å². The van der Waals surface area contributed by atoms with Crippen LogP contribution in [-0.2, 0) is 28.7 Å². The summed E-state index contributed by atoms with van der Waals surface area (Å²) >= 11 is 0. The van der Waals surface area contributed by atoms with Crippen LogP contribution in [0.4, 0.5) is 0 Å². The quantitative estimate of drug-likeness (QED) is 0.167. The Kier molecular flexibility index (Phi) is 8.68. The summed E-state index contributed by atoms with van der Waals surface area (Å²) in [6.07, 6.45) is 1.16. The molecule has 10 nitrogen and oxygen atoms in total. The average molecular weight is 384 g/mol. The first-order valence-corrected chi connectivity index (χ1v) is 8.92. The van der Waals surface area contributed by atoms with E-state index < -0.39 is 29.0 Å². The van der Waals surface area contributed by atoms with E-state index in [4.69, 9.17) is 19.8 Å². The fraction of sp³-hybridized carbons (Fsp3) is 0.824. The summed E-state index contributed by atoms with van der Waals surface area (Å²) in [5, 5.41) is 3.96. The summed E-state index contributed by atoms with van der Waals surface area (Å²) in [6, 6.07) is 0. The highest BCUT2D eigenvalue weighted by Crippen LogP contribution is 2.21. The van der Waals surface area contributed by atoms with Crippen molar-refractivity contribution in [2.24, 2.45) is 5.11 Å². The van der Waals surface area contributed by atoms with Crippen LogP contribution in [0.1, 0.15) is 59.8 Å². The van der Waals surface area contributed by atoms with Crippen LogP contribution in [0.25, 0.3) is 10.4 Å². The van der Waals surface area contributed by atoms with Crippen molar-refractivity contribution in [1.82, 2.24) is 5.06 Å². The first-order chi connectivity index (χ1) is 12.6. The number of hydrogen-bond acceptors (Lipinski definition) is 7.